The fourth-order valence-electron chi connectivity index (χ4n) is 4.77. The number of halogens is 3. The van der Waals surface area contributed by atoms with E-state index >= 15 is 4.39 Å². The predicted octanol–water partition coefficient (Wildman–Crippen LogP) is 6.75. The van der Waals surface area contributed by atoms with Crippen molar-refractivity contribution in [3.63, 3.8) is 0 Å². The summed E-state index contributed by atoms with van der Waals surface area (Å²) in [5.74, 6) is -5.90. The molecule has 190 valence electrons. The zero-order chi connectivity index (χ0) is 26.2. The lowest BCUT2D eigenvalue weighted by Crippen LogP contribution is -2.48. The average Bonchev–Trinajstić information content (AvgIpc) is 2.90. The highest BCUT2D eigenvalue weighted by atomic mass is 19.2. The lowest BCUT2D eigenvalue weighted by molar-refractivity contribution is -0.0659. The second kappa shape index (κ2) is 9.78. The number of ether oxygens (including phenoxy) is 1. The molecule has 2 N–H and O–H groups in total. The number of hydrogen-bond acceptors (Lipinski definition) is 4. The number of benzene rings is 4. The minimum absolute atomic E-state index is 0.0580. The van der Waals surface area contributed by atoms with Crippen molar-refractivity contribution in [3.05, 3.63) is 102 Å². The van der Waals surface area contributed by atoms with E-state index in [0.29, 0.717) is 0 Å². The average molecular weight is 507 g/mol. The van der Waals surface area contributed by atoms with Gasteiger partial charge < -0.3 is 20.1 Å². The van der Waals surface area contributed by atoms with Crippen LogP contribution in [0.25, 0.3) is 10.8 Å². The standard InChI is InChI=1S/C29H25F3N2O3/c1-18(22-11-5-7-19-6-2-3-10-23(19)22)33-15-14-29(32)17-34(21-9-4-8-20(16-21)28(35)36)27-25(37-29)13-12-24(30)26(27)31/h2-13,16,18,33H,14-15,17H2,1H3,(H,35,36)/t18-,29?/m1/s1. The van der Waals surface area contributed by atoms with Crippen molar-refractivity contribution in [1.29, 1.82) is 0 Å². The molecule has 8 heteroatoms. The smallest absolute Gasteiger partial charge is 0.335 e. The first kappa shape index (κ1) is 24.6. The van der Waals surface area contributed by atoms with Gasteiger partial charge in [0.25, 0.3) is 5.85 Å². The van der Waals surface area contributed by atoms with Crippen molar-refractivity contribution in [3.8, 4) is 5.75 Å². The molecule has 0 radical (unpaired) electrons. The molecule has 0 spiro atoms. The van der Waals surface area contributed by atoms with Gasteiger partial charge in [0.2, 0.25) is 0 Å². The highest BCUT2D eigenvalue weighted by molar-refractivity contribution is 5.89. The molecule has 4 aromatic carbocycles. The van der Waals surface area contributed by atoms with E-state index < -0.39 is 30.0 Å². The van der Waals surface area contributed by atoms with Crippen LogP contribution in [0.4, 0.5) is 24.5 Å². The van der Waals surface area contributed by atoms with Crippen molar-refractivity contribution in [2.75, 3.05) is 18.0 Å². The molecule has 5 nitrogen and oxygen atoms in total. The molecule has 1 unspecified atom stereocenters. The number of carboxylic acid groups (broad SMARTS) is 1. The molecule has 4 aromatic rings. The van der Waals surface area contributed by atoms with E-state index in [9.17, 15) is 18.7 Å². The molecule has 5 rings (SSSR count). The number of anilines is 2. The van der Waals surface area contributed by atoms with Gasteiger partial charge in [0.1, 0.15) is 5.69 Å². The first-order valence-corrected chi connectivity index (χ1v) is 11.9. The van der Waals surface area contributed by atoms with Crippen molar-refractivity contribution in [2.45, 2.75) is 25.2 Å². The topological polar surface area (TPSA) is 61.8 Å². The van der Waals surface area contributed by atoms with Crippen LogP contribution in [-0.2, 0) is 0 Å². The van der Waals surface area contributed by atoms with Gasteiger partial charge in [0, 0.05) is 24.7 Å². The second-order valence-electron chi connectivity index (χ2n) is 9.13. The molecule has 0 fully saturated rings. The molecular formula is C29H25F3N2O3. The first-order chi connectivity index (χ1) is 17.8. The fourth-order valence-corrected chi connectivity index (χ4v) is 4.77. The molecule has 1 heterocycles. The Kier molecular flexibility index (Phi) is 6.52. The van der Waals surface area contributed by atoms with Crippen LogP contribution in [0.15, 0.2) is 78.9 Å². The Balaban J connectivity index is 1.39. The van der Waals surface area contributed by atoms with Gasteiger partial charge in [0.05, 0.1) is 12.1 Å². The summed E-state index contributed by atoms with van der Waals surface area (Å²) in [7, 11) is 0. The number of aromatic carboxylic acids is 1. The van der Waals surface area contributed by atoms with E-state index in [4.69, 9.17) is 4.74 Å². The van der Waals surface area contributed by atoms with Gasteiger partial charge >= 0.3 is 5.97 Å². The van der Waals surface area contributed by atoms with Gasteiger partial charge in [-0.3, -0.25) is 0 Å². The van der Waals surface area contributed by atoms with Gasteiger partial charge in [-0.2, -0.15) is 4.39 Å². The molecule has 0 aliphatic carbocycles. The van der Waals surface area contributed by atoms with Crippen molar-refractivity contribution < 1.29 is 27.8 Å². The largest absolute Gasteiger partial charge is 0.478 e. The van der Waals surface area contributed by atoms with Crippen molar-refractivity contribution in [2.24, 2.45) is 0 Å². The van der Waals surface area contributed by atoms with E-state index in [0.717, 1.165) is 22.4 Å². The third-order valence-electron chi connectivity index (χ3n) is 6.63. The summed E-state index contributed by atoms with van der Waals surface area (Å²) in [4.78, 5) is 12.7. The van der Waals surface area contributed by atoms with Crippen LogP contribution in [0.3, 0.4) is 0 Å². The Morgan fingerprint density at radius 2 is 1.84 bits per heavy atom. The van der Waals surface area contributed by atoms with Crippen LogP contribution in [-0.4, -0.2) is 30.0 Å². The summed E-state index contributed by atoms with van der Waals surface area (Å²) in [6, 6.07) is 21.7. The summed E-state index contributed by atoms with van der Waals surface area (Å²) in [5, 5.41) is 14.9. The second-order valence-corrected chi connectivity index (χ2v) is 9.13. The van der Waals surface area contributed by atoms with Gasteiger partial charge in [-0.15, -0.1) is 0 Å². The van der Waals surface area contributed by atoms with Crippen LogP contribution in [0.2, 0.25) is 0 Å². The minimum Gasteiger partial charge on any atom is -0.478 e. The molecule has 1 aliphatic rings. The highest BCUT2D eigenvalue weighted by Gasteiger charge is 2.42. The number of fused-ring (bicyclic) bond motifs is 2. The summed E-state index contributed by atoms with van der Waals surface area (Å²) in [5.41, 5.74) is 0.962. The Bertz CT molecular complexity index is 1470. The maximum absolute atomic E-state index is 16.1. The number of nitrogens with zero attached hydrogens (tertiary/aromatic N) is 1. The van der Waals surface area contributed by atoms with Gasteiger partial charge in [0.15, 0.2) is 17.4 Å². The summed E-state index contributed by atoms with van der Waals surface area (Å²) < 4.78 is 50.7. The molecular weight excluding hydrogens is 481 g/mol. The maximum atomic E-state index is 16.1. The van der Waals surface area contributed by atoms with E-state index in [2.05, 4.69) is 5.32 Å². The number of carboxylic acids is 1. The quantitative estimate of drug-likeness (QED) is 0.290. The van der Waals surface area contributed by atoms with Crippen LogP contribution in [0, 0.1) is 11.6 Å². The Morgan fingerprint density at radius 3 is 2.65 bits per heavy atom. The monoisotopic (exact) mass is 506 g/mol. The summed E-state index contributed by atoms with van der Waals surface area (Å²) >= 11 is 0. The molecule has 1 aliphatic heterocycles. The molecule has 0 bridgehead atoms. The minimum atomic E-state index is -2.25. The molecule has 37 heavy (non-hydrogen) atoms. The van der Waals surface area contributed by atoms with E-state index in [1.165, 1.54) is 35.2 Å². The van der Waals surface area contributed by atoms with Gasteiger partial charge in [-0.05, 0) is 53.6 Å². The number of hydrogen-bond donors (Lipinski definition) is 2. The number of carbonyl (C=O) groups is 1. The Morgan fingerprint density at radius 1 is 1.08 bits per heavy atom. The zero-order valence-corrected chi connectivity index (χ0v) is 20.0. The van der Waals surface area contributed by atoms with Crippen molar-refractivity contribution in [1.82, 2.24) is 5.32 Å². The normalized spacial score (nSPS) is 17.8. The number of alkyl halides is 1. The molecule has 0 amide bonds. The maximum Gasteiger partial charge on any atom is 0.335 e. The molecule has 0 saturated carbocycles. The third-order valence-corrected chi connectivity index (χ3v) is 6.63. The number of rotatable bonds is 7. The molecule has 2 atom stereocenters. The number of nitrogens with one attached hydrogen (secondary N) is 1. The van der Waals surface area contributed by atoms with Crippen LogP contribution in [0.5, 0.6) is 5.75 Å². The van der Waals surface area contributed by atoms with Crippen LogP contribution >= 0.6 is 0 Å². The van der Waals surface area contributed by atoms with Crippen LogP contribution < -0.4 is 15.0 Å². The predicted molar refractivity (Wildman–Crippen MR) is 136 cm³/mol. The molecule has 0 saturated heterocycles. The Labute approximate surface area is 212 Å². The van der Waals surface area contributed by atoms with Crippen LogP contribution in [0.1, 0.15) is 35.3 Å². The molecule has 0 aromatic heterocycles. The van der Waals surface area contributed by atoms with E-state index in [-0.39, 0.29) is 41.7 Å². The fraction of sp³-hybridized carbons (Fsp3) is 0.207. The SMILES string of the molecule is C[C@@H](NCCC1(F)CN(c2cccc(C(=O)O)c2)c2c(ccc(F)c2F)O1)c1cccc2ccccc12. The van der Waals surface area contributed by atoms with Gasteiger partial charge in [-0.25, -0.2) is 13.6 Å². The van der Waals surface area contributed by atoms with Crippen molar-refractivity contribution >= 4 is 28.1 Å². The summed E-state index contributed by atoms with van der Waals surface area (Å²) in [6.45, 7) is 1.78. The van der Waals surface area contributed by atoms with Gasteiger partial charge in [-0.1, -0.05) is 48.5 Å². The zero-order valence-electron chi connectivity index (χ0n) is 20.0. The highest BCUT2D eigenvalue weighted by Crippen LogP contribution is 2.45. The summed E-state index contributed by atoms with van der Waals surface area (Å²) in [6.07, 6.45) is -0.0876. The lowest BCUT2D eigenvalue weighted by Gasteiger charge is -2.40. The Hall–Kier alpha value is -4.04. The van der Waals surface area contributed by atoms with E-state index in [1.54, 1.807) is 0 Å². The first-order valence-electron chi connectivity index (χ1n) is 11.9. The van der Waals surface area contributed by atoms with E-state index in [1.807, 2.05) is 49.4 Å². The lowest BCUT2D eigenvalue weighted by atomic mass is 9.99. The third kappa shape index (κ3) is 4.84.